The maximum absolute atomic E-state index is 9.25. The summed E-state index contributed by atoms with van der Waals surface area (Å²) in [6.45, 7) is 6.06. The average Bonchev–Trinajstić information content (AvgIpc) is 2.60. The summed E-state index contributed by atoms with van der Waals surface area (Å²) in [7, 11) is 0. The van der Waals surface area contributed by atoms with Crippen LogP contribution in [0.4, 0.5) is 0 Å². The lowest BCUT2D eigenvalue weighted by Gasteiger charge is -2.08. The Labute approximate surface area is 152 Å². The first-order valence-corrected chi connectivity index (χ1v) is 10.7. The summed E-state index contributed by atoms with van der Waals surface area (Å²) in [6.07, 6.45) is 26.2. The van der Waals surface area contributed by atoms with E-state index < -0.39 is 0 Å². The Morgan fingerprint density at radius 2 is 1.25 bits per heavy atom. The van der Waals surface area contributed by atoms with Crippen molar-refractivity contribution in [2.75, 3.05) is 0 Å². The van der Waals surface area contributed by atoms with Gasteiger partial charge in [0.05, 0.1) is 6.07 Å². The smallest absolute Gasteiger partial charge is 0.0655 e. The molecule has 1 radical (unpaired) electrons. The van der Waals surface area contributed by atoms with Crippen LogP contribution in [0.3, 0.4) is 0 Å². The Morgan fingerprint density at radius 3 is 1.75 bits per heavy atom. The number of nitrogens with zero attached hydrogens (tertiary/aromatic N) is 1. The van der Waals surface area contributed by atoms with E-state index in [1.54, 1.807) is 0 Å². The Kier molecular flexibility index (Phi) is 19.6. The number of rotatable bonds is 18. The predicted molar refractivity (Wildman–Crippen MR) is 108 cm³/mol. The second kappa shape index (κ2) is 20.3. The predicted octanol–water partition coefficient (Wildman–Crippen LogP) is 8.17. The highest BCUT2D eigenvalue weighted by atomic mass is 14.3. The second-order valence-electron chi connectivity index (χ2n) is 7.19. The SMILES string of the molecule is [CH2]CC=CCCCCCCCCCCC(C#N)CCCCCCC. The summed E-state index contributed by atoms with van der Waals surface area (Å²) < 4.78 is 0. The molecule has 0 saturated carbocycles. The normalized spacial score (nSPS) is 12.5. The van der Waals surface area contributed by atoms with E-state index in [1.807, 2.05) is 0 Å². The van der Waals surface area contributed by atoms with E-state index in [9.17, 15) is 5.26 Å². The zero-order chi connectivity index (χ0) is 17.7. The molecule has 0 aliphatic rings. The Bertz CT molecular complexity index is 300. The van der Waals surface area contributed by atoms with E-state index in [1.165, 1.54) is 89.9 Å². The molecule has 1 heteroatoms. The Balaban J connectivity index is 3.29. The third kappa shape index (κ3) is 17.6. The number of allylic oxidation sites excluding steroid dienone is 2. The van der Waals surface area contributed by atoms with Crippen LogP contribution in [0.2, 0.25) is 0 Å². The first-order valence-electron chi connectivity index (χ1n) is 10.7. The fourth-order valence-corrected chi connectivity index (χ4v) is 3.22. The van der Waals surface area contributed by atoms with Crippen LogP contribution in [0.25, 0.3) is 0 Å². The summed E-state index contributed by atoms with van der Waals surface area (Å²) in [4.78, 5) is 0. The molecule has 0 heterocycles. The van der Waals surface area contributed by atoms with Crippen LogP contribution in [0.15, 0.2) is 12.2 Å². The molecule has 1 nitrogen and oxygen atoms in total. The number of unbranched alkanes of at least 4 members (excludes halogenated alkanes) is 12. The standard InChI is InChI=1S/C23H42N/c1-3-5-7-9-10-11-12-13-14-15-17-19-21-23(22-24)20-18-16-8-6-4-2/h5,7,23H,1,3-4,6,8-21H2,2H3. The molecule has 0 amide bonds. The molecule has 0 bridgehead atoms. The molecule has 0 aromatic heterocycles. The van der Waals surface area contributed by atoms with Gasteiger partial charge in [-0.2, -0.15) is 5.26 Å². The van der Waals surface area contributed by atoms with Gasteiger partial charge in [-0.15, -0.1) is 0 Å². The zero-order valence-corrected chi connectivity index (χ0v) is 16.4. The maximum Gasteiger partial charge on any atom is 0.0655 e. The van der Waals surface area contributed by atoms with Crippen molar-refractivity contribution < 1.29 is 0 Å². The maximum atomic E-state index is 9.25. The first kappa shape index (κ1) is 23.2. The number of nitriles is 1. The van der Waals surface area contributed by atoms with Gasteiger partial charge in [0, 0.05) is 5.92 Å². The van der Waals surface area contributed by atoms with Crippen LogP contribution in [0.5, 0.6) is 0 Å². The van der Waals surface area contributed by atoms with Crippen LogP contribution >= 0.6 is 0 Å². The Morgan fingerprint density at radius 1 is 0.750 bits per heavy atom. The van der Waals surface area contributed by atoms with E-state index in [4.69, 9.17) is 0 Å². The van der Waals surface area contributed by atoms with Gasteiger partial charge in [0.15, 0.2) is 0 Å². The van der Waals surface area contributed by atoms with Crippen molar-refractivity contribution in [1.29, 1.82) is 5.26 Å². The summed E-state index contributed by atoms with van der Waals surface area (Å²) in [5.74, 6) is 0.318. The fraction of sp³-hybridized carbons (Fsp3) is 0.826. The van der Waals surface area contributed by atoms with E-state index in [0.29, 0.717) is 5.92 Å². The highest BCUT2D eigenvalue weighted by molar-refractivity contribution is 4.82. The molecule has 1 unspecified atom stereocenters. The highest BCUT2D eigenvalue weighted by Crippen LogP contribution is 2.18. The largest absolute Gasteiger partial charge is 0.198 e. The lowest BCUT2D eigenvalue weighted by molar-refractivity contribution is 0.472. The molecule has 0 aromatic rings. The summed E-state index contributed by atoms with van der Waals surface area (Å²) >= 11 is 0. The van der Waals surface area contributed by atoms with Crippen molar-refractivity contribution in [2.24, 2.45) is 5.92 Å². The van der Waals surface area contributed by atoms with Crippen molar-refractivity contribution in [2.45, 2.75) is 116 Å². The topological polar surface area (TPSA) is 23.8 Å². The molecular weight excluding hydrogens is 290 g/mol. The molecule has 0 aliphatic carbocycles. The Hall–Kier alpha value is -0.770. The summed E-state index contributed by atoms with van der Waals surface area (Å²) in [5, 5.41) is 9.25. The lowest BCUT2D eigenvalue weighted by atomic mass is 9.95. The van der Waals surface area contributed by atoms with E-state index in [0.717, 1.165) is 19.3 Å². The van der Waals surface area contributed by atoms with Gasteiger partial charge in [-0.1, -0.05) is 96.1 Å². The van der Waals surface area contributed by atoms with Gasteiger partial charge >= 0.3 is 0 Å². The van der Waals surface area contributed by atoms with Crippen molar-refractivity contribution >= 4 is 0 Å². The summed E-state index contributed by atoms with van der Waals surface area (Å²) in [6, 6.07) is 2.52. The average molecular weight is 333 g/mol. The molecule has 0 spiro atoms. The highest BCUT2D eigenvalue weighted by Gasteiger charge is 2.06. The monoisotopic (exact) mass is 332 g/mol. The molecule has 1 atom stereocenters. The molecule has 139 valence electrons. The zero-order valence-electron chi connectivity index (χ0n) is 16.4. The minimum atomic E-state index is 0.318. The van der Waals surface area contributed by atoms with Gasteiger partial charge in [0.25, 0.3) is 0 Å². The van der Waals surface area contributed by atoms with Crippen LogP contribution in [-0.2, 0) is 0 Å². The van der Waals surface area contributed by atoms with Gasteiger partial charge in [-0.25, -0.2) is 0 Å². The molecule has 0 rings (SSSR count). The van der Waals surface area contributed by atoms with E-state index in [2.05, 4.69) is 32.1 Å². The van der Waals surface area contributed by atoms with Crippen LogP contribution in [0.1, 0.15) is 116 Å². The van der Waals surface area contributed by atoms with E-state index in [-0.39, 0.29) is 0 Å². The minimum Gasteiger partial charge on any atom is -0.198 e. The molecule has 0 aromatic carbocycles. The van der Waals surface area contributed by atoms with Crippen molar-refractivity contribution in [3.63, 3.8) is 0 Å². The molecule has 0 aliphatic heterocycles. The van der Waals surface area contributed by atoms with Crippen LogP contribution in [-0.4, -0.2) is 0 Å². The van der Waals surface area contributed by atoms with Crippen molar-refractivity contribution in [1.82, 2.24) is 0 Å². The molecule has 24 heavy (non-hydrogen) atoms. The summed E-state index contributed by atoms with van der Waals surface area (Å²) in [5.41, 5.74) is 0. The minimum absolute atomic E-state index is 0.318. The van der Waals surface area contributed by atoms with Crippen LogP contribution in [0, 0.1) is 24.2 Å². The van der Waals surface area contributed by atoms with Crippen LogP contribution < -0.4 is 0 Å². The van der Waals surface area contributed by atoms with Crippen molar-refractivity contribution in [3.05, 3.63) is 19.1 Å². The van der Waals surface area contributed by atoms with Gasteiger partial charge in [0.2, 0.25) is 0 Å². The molecule has 0 N–H and O–H groups in total. The number of hydrogen-bond acceptors (Lipinski definition) is 1. The van der Waals surface area contributed by atoms with Gasteiger partial charge in [-0.05, 0) is 39.0 Å². The van der Waals surface area contributed by atoms with E-state index >= 15 is 0 Å². The lowest BCUT2D eigenvalue weighted by Crippen LogP contribution is -1.97. The van der Waals surface area contributed by atoms with Gasteiger partial charge in [-0.3, -0.25) is 0 Å². The van der Waals surface area contributed by atoms with Gasteiger partial charge < -0.3 is 0 Å². The second-order valence-corrected chi connectivity index (χ2v) is 7.19. The quantitative estimate of drug-likeness (QED) is 0.183. The third-order valence-corrected chi connectivity index (χ3v) is 4.85. The van der Waals surface area contributed by atoms with Crippen molar-refractivity contribution in [3.8, 4) is 6.07 Å². The first-order chi connectivity index (χ1) is 11.8. The molecular formula is C23H42N. The molecule has 0 fully saturated rings. The third-order valence-electron chi connectivity index (χ3n) is 4.85. The molecule has 0 saturated heterocycles. The number of hydrogen-bond donors (Lipinski definition) is 0. The van der Waals surface area contributed by atoms with Gasteiger partial charge in [0.1, 0.15) is 0 Å². The fourth-order valence-electron chi connectivity index (χ4n) is 3.22.